The molecule has 0 atom stereocenters. The standard InChI is InChI=1S/C8H8ClN3/c1-2-12-4-3-6-5-10-8(9)11-7(6)12/h3-5H,2H2,1H3. The molecule has 0 amide bonds. The molecule has 0 saturated heterocycles. The van der Waals surface area contributed by atoms with Crippen molar-refractivity contribution in [2.45, 2.75) is 13.5 Å². The Bertz CT molecular complexity index is 408. The Hall–Kier alpha value is -1.09. The van der Waals surface area contributed by atoms with Crippen LogP contribution >= 0.6 is 11.6 Å². The monoisotopic (exact) mass is 181 g/mol. The lowest BCUT2D eigenvalue weighted by molar-refractivity contribution is 0.786. The van der Waals surface area contributed by atoms with Crippen LogP contribution in [0.15, 0.2) is 18.5 Å². The van der Waals surface area contributed by atoms with E-state index in [-0.39, 0.29) is 0 Å². The van der Waals surface area contributed by atoms with E-state index in [4.69, 9.17) is 11.6 Å². The molecular weight excluding hydrogens is 174 g/mol. The zero-order valence-corrected chi connectivity index (χ0v) is 7.41. The summed E-state index contributed by atoms with van der Waals surface area (Å²) in [6.07, 6.45) is 3.71. The third-order valence-corrected chi connectivity index (χ3v) is 2.00. The fourth-order valence-corrected chi connectivity index (χ4v) is 1.33. The van der Waals surface area contributed by atoms with Crippen molar-refractivity contribution in [2.75, 3.05) is 0 Å². The maximum absolute atomic E-state index is 5.67. The Labute approximate surface area is 75.0 Å². The maximum Gasteiger partial charge on any atom is 0.224 e. The smallest absolute Gasteiger partial charge is 0.224 e. The molecule has 0 unspecified atom stereocenters. The summed E-state index contributed by atoms with van der Waals surface area (Å²) in [7, 11) is 0. The topological polar surface area (TPSA) is 30.7 Å². The van der Waals surface area contributed by atoms with Gasteiger partial charge in [0.25, 0.3) is 0 Å². The third kappa shape index (κ3) is 1.06. The summed E-state index contributed by atoms with van der Waals surface area (Å²) in [5, 5.41) is 1.33. The summed E-state index contributed by atoms with van der Waals surface area (Å²) < 4.78 is 2.03. The van der Waals surface area contributed by atoms with Gasteiger partial charge in [0.2, 0.25) is 5.28 Å². The van der Waals surface area contributed by atoms with Crippen LogP contribution in [-0.2, 0) is 6.54 Å². The molecule has 0 bridgehead atoms. The normalized spacial score (nSPS) is 10.8. The number of aryl methyl sites for hydroxylation is 1. The van der Waals surface area contributed by atoms with Gasteiger partial charge in [-0.15, -0.1) is 0 Å². The highest BCUT2D eigenvalue weighted by Crippen LogP contribution is 2.13. The van der Waals surface area contributed by atoms with E-state index in [9.17, 15) is 0 Å². The van der Waals surface area contributed by atoms with Gasteiger partial charge in [0, 0.05) is 24.3 Å². The van der Waals surface area contributed by atoms with Crippen LogP contribution < -0.4 is 0 Å². The number of halogens is 1. The number of fused-ring (bicyclic) bond motifs is 1. The van der Waals surface area contributed by atoms with Gasteiger partial charge in [0.15, 0.2) is 0 Å². The molecule has 0 aromatic carbocycles. The maximum atomic E-state index is 5.67. The van der Waals surface area contributed by atoms with Gasteiger partial charge in [-0.2, -0.15) is 4.98 Å². The van der Waals surface area contributed by atoms with E-state index >= 15 is 0 Å². The van der Waals surface area contributed by atoms with Crippen LogP contribution in [0.5, 0.6) is 0 Å². The second kappa shape index (κ2) is 2.75. The highest BCUT2D eigenvalue weighted by molar-refractivity contribution is 6.28. The summed E-state index contributed by atoms with van der Waals surface area (Å²) in [5.41, 5.74) is 0.900. The molecule has 0 fully saturated rings. The molecule has 0 aliphatic carbocycles. The van der Waals surface area contributed by atoms with Crippen LogP contribution in [0.25, 0.3) is 11.0 Å². The molecule has 62 valence electrons. The average Bonchev–Trinajstić information content (AvgIpc) is 2.46. The van der Waals surface area contributed by atoms with E-state index < -0.39 is 0 Å². The van der Waals surface area contributed by atoms with E-state index in [0.29, 0.717) is 5.28 Å². The van der Waals surface area contributed by atoms with Gasteiger partial charge in [-0.05, 0) is 24.6 Å². The predicted octanol–water partition coefficient (Wildman–Crippen LogP) is 2.10. The summed E-state index contributed by atoms with van der Waals surface area (Å²) in [6.45, 7) is 2.96. The SMILES string of the molecule is CCn1ccc2cnc(Cl)nc21. The second-order valence-electron chi connectivity index (χ2n) is 2.52. The minimum atomic E-state index is 0.302. The molecule has 4 heteroatoms. The fraction of sp³-hybridized carbons (Fsp3) is 0.250. The number of hydrogen-bond acceptors (Lipinski definition) is 2. The lowest BCUT2D eigenvalue weighted by atomic mass is 10.4. The van der Waals surface area contributed by atoms with E-state index in [2.05, 4.69) is 16.9 Å². The fourth-order valence-electron chi connectivity index (χ4n) is 1.21. The molecule has 0 saturated carbocycles. The first kappa shape index (κ1) is 7.55. The van der Waals surface area contributed by atoms with Gasteiger partial charge in [-0.3, -0.25) is 0 Å². The third-order valence-electron chi connectivity index (χ3n) is 1.81. The van der Waals surface area contributed by atoms with Gasteiger partial charge in [0.1, 0.15) is 5.65 Å². The van der Waals surface area contributed by atoms with Crippen molar-refractivity contribution in [1.29, 1.82) is 0 Å². The Balaban J connectivity index is 2.75. The van der Waals surface area contributed by atoms with Crippen molar-refractivity contribution in [3.05, 3.63) is 23.7 Å². The van der Waals surface area contributed by atoms with Gasteiger partial charge < -0.3 is 4.57 Å². The van der Waals surface area contributed by atoms with Crippen LogP contribution in [0, 0.1) is 0 Å². The predicted molar refractivity (Wildman–Crippen MR) is 48.2 cm³/mol. The van der Waals surface area contributed by atoms with E-state index in [1.807, 2.05) is 16.8 Å². The number of aromatic nitrogens is 3. The molecule has 0 aliphatic rings. The average molecular weight is 182 g/mol. The minimum Gasteiger partial charge on any atom is -0.333 e. The van der Waals surface area contributed by atoms with Crippen molar-refractivity contribution in [1.82, 2.24) is 14.5 Å². The van der Waals surface area contributed by atoms with E-state index in [1.54, 1.807) is 6.20 Å². The molecule has 2 rings (SSSR count). The molecule has 0 N–H and O–H groups in total. The largest absolute Gasteiger partial charge is 0.333 e. The van der Waals surface area contributed by atoms with Gasteiger partial charge >= 0.3 is 0 Å². The summed E-state index contributed by atoms with van der Waals surface area (Å²) >= 11 is 5.67. The van der Waals surface area contributed by atoms with Crippen molar-refractivity contribution in [3.8, 4) is 0 Å². The second-order valence-corrected chi connectivity index (χ2v) is 2.86. The molecule has 2 heterocycles. The molecule has 2 aromatic heterocycles. The highest BCUT2D eigenvalue weighted by atomic mass is 35.5. The summed E-state index contributed by atoms with van der Waals surface area (Å²) in [6, 6.07) is 1.98. The first-order chi connectivity index (χ1) is 5.81. The zero-order valence-electron chi connectivity index (χ0n) is 6.66. The first-order valence-corrected chi connectivity index (χ1v) is 4.16. The molecule has 0 spiro atoms. The Morgan fingerprint density at radius 2 is 2.42 bits per heavy atom. The zero-order chi connectivity index (χ0) is 8.55. The molecule has 3 nitrogen and oxygen atoms in total. The molecule has 0 radical (unpaired) electrons. The van der Waals surface area contributed by atoms with Crippen molar-refractivity contribution in [2.24, 2.45) is 0 Å². The lowest BCUT2D eigenvalue weighted by Crippen LogP contribution is -1.93. The van der Waals surface area contributed by atoms with Crippen molar-refractivity contribution < 1.29 is 0 Å². The number of rotatable bonds is 1. The first-order valence-electron chi connectivity index (χ1n) is 3.78. The van der Waals surface area contributed by atoms with E-state index in [1.165, 1.54) is 0 Å². The van der Waals surface area contributed by atoms with E-state index in [0.717, 1.165) is 17.6 Å². The summed E-state index contributed by atoms with van der Waals surface area (Å²) in [5.74, 6) is 0. The van der Waals surface area contributed by atoms with Crippen LogP contribution in [0.4, 0.5) is 0 Å². The number of hydrogen-bond donors (Lipinski definition) is 0. The van der Waals surface area contributed by atoms with Crippen LogP contribution in [0.3, 0.4) is 0 Å². The van der Waals surface area contributed by atoms with Crippen LogP contribution in [0.1, 0.15) is 6.92 Å². The molecule has 2 aromatic rings. The number of nitrogens with zero attached hydrogens (tertiary/aromatic N) is 3. The van der Waals surface area contributed by atoms with Crippen LogP contribution in [-0.4, -0.2) is 14.5 Å². The van der Waals surface area contributed by atoms with Gasteiger partial charge in [0.05, 0.1) is 0 Å². The Morgan fingerprint density at radius 3 is 3.17 bits per heavy atom. The minimum absolute atomic E-state index is 0.302. The quantitative estimate of drug-likeness (QED) is 0.631. The Kier molecular flexibility index (Phi) is 1.73. The highest BCUT2D eigenvalue weighted by Gasteiger charge is 2.01. The van der Waals surface area contributed by atoms with Crippen molar-refractivity contribution >= 4 is 22.6 Å². The lowest BCUT2D eigenvalue weighted by Gasteiger charge is -1.98. The summed E-state index contributed by atoms with van der Waals surface area (Å²) in [4.78, 5) is 8.02. The molecule has 0 aliphatic heterocycles. The molecule has 12 heavy (non-hydrogen) atoms. The van der Waals surface area contributed by atoms with Crippen LogP contribution in [0.2, 0.25) is 5.28 Å². The van der Waals surface area contributed by atoms with Gasteiger partial charge in [-0.25, -0.2) is 4.98 Å². The Morgan fingerprint density at radius 1 is 1.58 bits per heavy atom. The van der Waals surface area contributed by atoms with Gasteiger partial charge in [-0.1, -0.05) is 0 Å². The molecular formula is C8H8ClN3. The van der Waals surface area contributed by atoms with Crippen molar-refractivity contribution in [3.63, 3.8) is 0 Å².